The third kappa shape index (κ3) is 4.77. The summed E-state index contributed by atoms with van der Waals surface area (Å²) in [6.45, 7) is 0.489. The summed E-state index contributed by atoms with van der Waals surface area (Å²) < 4.78 is 28.0. The molecule has 10 nitrogen and oxygen atoms in total. The fourth-order valence-electron chi connectivity index (χ4n) is 4.52. The minimum absolute atomic E-state index is 0.0151. The zero-order valence-corrected chi connectivity index (χ0v) is 20.7. The van der Waals surface area contributed by atoms with Gasteiger partial charge in [0.05, 0.1) is 17.0 Å². The van der Waals surface area contributed by atoms with E-state index in [2.05, 4.69) is 15.5 Å². The Morgan fingerprint density at radius 2 is 1.76 bits per heavy atom. The van der Waals surface area contributed by atoms with Crippen molar-refractivity contribution in [1.29, 1.82) is 0 Å². The number of aromatic amines is 1. The van der Waals surface area contributed by atoms with E-state index in [9.17, 15) is 22.8 Å². The largest absolute Gasteiger partial charge is 0.352 e. The number of amides is 1. The number of hydrogen-bond donors (Lipinski definition) is 2. The first-order valence-corrected chi connectivity index (χ1v) is 13.6. The normalized spacial score (nSPS) is 14.2. The summed E-state index contributed by atoms with van der Waals surface area (Å²) in [5.41, 5.74) is 1.39. The number of hydrogen-bond acceptors (Lipinski definition) is 6. The number of carbonyl (C=O) groups excluding carboxylic acids is 1. The lowest BCUT2D eigenvalue weighted by atomic mass is 10.1. The maximum absolute atomic E-state index is 13.4. The lowest BCUT2D eigenvalue weighted by Crippen LogP contribution is -2.45. The molecule has 0 bridgehead atoms. The second-order valence-electron chi connectivity index (χ2n) is 8.77. The van der Waals surface area contributed by atoms with Crippen molar-refractivity contribution < 1.29 is 13.2 Å². The molecule has 0 saturated carbocycles. The predicted molar refractivity (Wildman–Crippen MR) is 138 cm³/mol. The smallest absolute Gasteiger partial charge is 0.332 e. The minimum atomic E-state index is -3.78. The van der Waals surface area contributed by atoms with Gasteiger partial charge in [-0.05, 0) is 42.2 Å². The SMILES string of the molecule is O=C(NCCCn1c(=O)c(-c2ccccc2)c2n(c1=O)CCCS2(=O)=O)c1ccc(-c2ccn[nH]2)cc1. The number of aromatic nitrogens is 4. The van der Waals surface area contributed by atoms with Crippen LogP contribution >= 0.6 is 0 Å². The molecule has 0 atom stereocenters. The van der Waals surface area contributed by atoms with Gasteiger partial charge in [0.15, 0.2) is 14.9 Å². The molecular weight excluding hydrogens is 494 g/mol. The van der Waals surface area contributed by atoms with E-state index in [-0.39, 0.29) is 41.9 Å². The Kier molecular flexibility index (Phi) is 6.62. The number of carbonyl (C=O) groups is 1. The second-order valence-corrected chi connectivity index (χ2v) is 10.8. The number of fused-ring (bicyclic) bond motifs is 1. The molecule has 190 valence electrons. The monoisotopic (exact) mass is 519 g/mol. The molecule has 11 heteroatoms. The maximum Gasteiger partial charge on any atom is 0.332 e. The molecule has 0 radical (unpaired) electrons. The molecule has 0 spiro atoms. The van der Waals surface area contributed by atoms with Crippen molar-refractivity contribution in [2.24, 2.45) is 0 Å². The quantitative estimate of drug-likeness (QED) is 0.283. The molecule has 3 heterocycles. The molecule has 1 amide bonds. The van der Waals surface area contributed by atoms with Gasteiger partial charge in [0.1, 0.15) is 0 Å². The van der Waals surface area contributed by atoms with E-state index in [0.717, 1.165) is 15.8 Å². The number of nitrogens with one attached hydrogen (secondary N) is 2. The van der Waals surface area contributed by atoms with Gasteiger partial charge in [-0.15, -0.1) is 0 Å². The maximum atomic E-state index is 13.4. The Bertz CT molecular complexity index is 1660. The van der Waals surface area contributed by atoms with Crippen molar-refractivity contribution in [3.8, 4) is 22.4 Å². The van der Waals surface area contributed by atoms with E-state index < -0.39 is 21.1 Å². The Morgan fingerprint density at radius 3 is 2.46 bits per heavy atom. The highest BCUT2D eigenvalue weighted by molar-refractivity contribution is 7.91. The van der Waals surface area contributed by atoms with E-state index in [0.29, 0.717) is 24.0 Å². The molecule has 0 fully saturated rings. The third-order valence-corrected chi connectivity index (χ3v) is 8.17. The second kappa shape index (κ2) is 10.0. The first kappa shape index (κ1) is 24.4. The number of H-pyrrole nitrogens is 1. The van der Waals surface area contributed by atoms with Gasteiger partial charge in [-0.1, -0.05) is 42.5 Å². The van der Waals surface area contributed by atoms with Crippen molar-refractivity contribution in [2.45, 2.75) is 31.0 Å². The molecule has 5 rings (SSSR count). The Morgan fingerprint density at radius 1 is 1.00 bits per heavy atom. The van der Waals surface area contributed by atoms with Crippen LogP contribution in [-0.4, -0.2) is 46.0 Å². The molecular formula is C26H25N5O5S. The molecule has 0 aliphatic carbocycles. The molecule has 2 aromatic heterocycles. The standard InChI is InChI=1S/C26H25N5O5S/c32-23(20-10-8-18(9-11-20)21-12-14-28-29-21)27-13-4-15-30-24(33)22(19-6-2-1-3-7-19)25-31(26(30)34)16-5-17-37(25,35)36/h1-3,6-12,14H,4-5,13,15-17H2,(H,27,32)(H,28,29). The molecule has 1 aliphatic rings. The molecule has 37 heavy (non-hydrogen) atoms. The molecule has 0 unspecified atom stereocenters. The van der Waals surface area contributed by atoms with Crippen LogP contribution in [-0.2, 0) is 22.9 Å². The number of nitrogens with zero attached hydrogens (tertiary/aromatic N) is 3. The summed E-state index contributed by atoms with van der Waals surface area (Å²) in [5, 5.41) is 9.38. The van der Waals surface area contributed by atoms with Crippen LogP contribution in [0.3, 0.4) is 0 Å². The molecule has 1 aliphatic heterocycles. The Balaban J connectivity index is 1.34. The van der Waals surface area contributed by atoms with Gasteiger partial charge < -0.3 is 5.32 Å². The zero-order chi connectivity index (χ0) is 26.0. The van der Waals surface area contributed by atoms with Gasteiger partial charge in [0.2, 0.25) is 0 Å². The number of benzene rings is 2. The summed E-state index contributed by atoms with van der Waals surface area (Å²) in [4.78, 5) is 39.1. The fourth-order valence-corrected chi connectivity index (χ4v) is 6.24. The van der Waals surface area contributed by atoms with E-state index in [1.807, 2.05) is 18.2 Å². The van der Waals surface area contributed by atoms with Gasteiger partial charge in [0.25, 0.3) is 11.5 Å². The fraction of sp³-hybridized carbons (Fsp3) is 0.231. The van der Waals surface area contributed by atoms with Gasteiger partial charge >= 0.3 is 5.69 Å². The van der Waals surface area contributed by atoms with E-state index >= 15 is 0 Å². The van der Waals surface area contributed by atoms with Crippen LogP contribution in [0.4, 0.5) is 0 Å². The van der Waals surface area contributed by atoms with Crippen molar-refractivity contribution in [1.82, 2.24) is 24.6 Å². The Labute approximate surface area is 212 Å². The average Bonchev–Trinajstić information content (AvgIpc) is 3.44. The summed E-state index contributed by atoms with van der Waals surface area (Å²) in [5.74, 6) is -0.383. The molecule has 0 saturated heterocycles. The lowest BCUT2D eigenvalue weighted by molar-refractivity contribution is 0.0952. The number of rotatable bonds is 7. The Hall–Kier alpha value is -4.25. The van der Waals surface area contributed by atoms with E-state index in [1.165, 1.54) is 4.57 Å². The summed E-state index contributed by atoms with van der Waals surface area (Å²) in [7, 11) is -3.78. The average molecular weight is 520 g/mol. The lowest BCUT2D eigenvalue weighted by Gasteiger charge is -2.23. The van der Waals surface area contributed by atoms with Gasteiger partial charge in [-0.2, -0.15) is 5.10 Å². The van der Waals surface area contributed by atoms with Gasteiger partial charge in [-0.25, -0.2) is 13.2 Å². The van der Waals surface area contributed by atoms with Crippen LogP contribution in [0, 0.1) is 0 Å². The highest BCUT2D eigenvalue weighted by atomic mass is 32.2. The van der Waals surface area contributed by atoms with Crippen LogP contribution in [0.1, 0.15) is 23.2 Å². The predicted octanol–water partition coefficient (Wildman–Crippen LogP) is 2.06. The van der Waals surface area contributed by atoms with Gasteiger partial charge in [-0.3, -0.25) is 23.8 Å². The third-order valence-electron chi connectivity index (χ3n) is 6.33. The number of sulfone groups is 1. The first-order chi connectivity index (χ1) is 17.9. The van der Waals surface area contributed by atoms with Crippen LogP contribution in [0.15, 0.2) is 81.5 Å². The van der Waals surface area contributed by atoms with E-state index in [1.54, 1.807) is 48.7 Å². The first-order valence-electron chi connectivity index (χ1n) is 11.9. The van der Waals surface area contributed by atoms with Crippen molar-refractivity contribution in [3.05, 3.63) is 93.3 Å². The topological polar surface area (TPSA) is 136 Å². The highest BCUT2D eigenvalue weighted by Gasteiger charge is 2.32. The van der Waals surface area contributed by atoms with Crippen LogP contribution in [0.25, 0.3) is 22.4 Å². The summed E-state index contributed by atoms with van der Waals surface area (Å²) >= 11 is 0. The summed E-state index contributed by atoms with van der Waals surface area (Å²) in [6.07, 6.45) is 2.27. The van der Waals surface area contributed by atoms with Crippen LogP contribution in [0.2, 0.25) is 0 Å². The van der Waals surface area contributed by atoms with E-state index in [4.69, 9.17) is 0 Å². The summed E-state index contributed by atoms with van der Waals surface area (Å²) in [6, 6.07) is 17.4. The van der Waals surface area contributed by atoms with Crippen molar-refractivity contribution >= 4 is 15.7 Å². The minimum Gasteiger partial charge on any atom is -0.352 e. The van der Waals surface area contributed by atoms with Gasteiger partial charge in [0, 0.05) is 31.4 Å². The zero-order valence-electron chi connectivity index (χ0n) is 19.9. The van der Waals surface area contributed by atoms with Crippen molar-refractivity contribution in [2.75, 3.05) is 12.3 Å². The highest BCUT2D eigenvalue weighted by Crippen LogP contribution is 2.27. The van der Waals surface area contributed by atoms with Crippen molar-refractivity contribution in [3.63, 3.8) is 0 Å². The van der Waals surface area contributed by atoms with Crippen LogP contribution < -0.4 is 16.6 Å². The molecule has 4 aromatic rings. The molecule has 2 aromatic carbocycles. The molecule has 2 N–H and O–H groups in total. The van der Waals surface area contributed by atoms with Crippen LogP contribution in [0.5, 0.6) is 0 Å².